The van der Waals surface area contributed by atoms with Gasteiger partial charge in [-0.3, -0.25) is 14.3 Å². The molecule has 306 valence electrons. The highest BCUT2D eigenvalue weighted by Gasteiger charge is 2.44. The number of hydrogen-bond donors (Lipinski definition) is 4. The molecule has 2 aliphatic carbocycles. The Balaban J connectivity index is 1.14. The first-order chi connectivity index (χ1) is 27.4. The van der Waals surface area contributed by atoms with Crippen LogP contribution in [0.3, 0.4) is 0 Å². The summed E-state index contributed by atoms with van der Waals surface area (Å²) in [6.07, 6.45) is 10.00. The zero-order valence-electron chi connectivity index (χ0n) is 32.7. The maximum atomic E-state index is 15.1. The second kappa shape index (κ2) is 16.5. The highest BCUT2D eigenvalue weighted by atomic mass is 35.5. The molecule has 1 fully saturated rings. The lowest BCUT2D eigenvalue weighted by molar-refractivity contribution is 0.00511. The summed E-state index contributed by atoms with van der Waals surface area (Å²) in [7, 11) is -3.69. The summed E-state index contributed by atoms with van der Waals surface area (Å²) in [6, 6.07) is 13.1. The van der Waals surface area contributed by atoms with E-state index in [-0.39, 0.29) is 41.4 Å². The van der Waals surface area contributed by atoms with E-state index in [1.165, 1.54) is 11.1 Å². The molecule has 3 aromatic rings. The summed E-state index contributed by atoms with van der Waals surface area (Å²) in [5, 5.41) is 23.7. The minimum absolute atomic E-state index is 0.0284. The molecule has 8 atom stereocenters. The van der Waals surface area contributed by atoms with Gasteiger partial charge in [0.2, 0.25) is 0 Å². The molecule has 4 N–H and O–H groups in total. The minimum Gasteiger partial charge on any atom is -0.490 e. The van der Waals surface area contributed by atoms with Crippen molar-refractivity contribution in [2.24, 2.45) is 22.1 Å². The van der Waals surface area contributed by atoms with Crippen LogP contribution in [-0.4, -0.2) is 87.7 Å². The van der Waals surface area contributed by atoms with Crippen molar-refractivity contribution in [1.29, 1.82) is 0 Å². The van der Waals surface area contributed by atoms with Crippen molar-refractivity contribution < 1.29 is 33.5 Å². The van der Waals surface area contributed by atoms with Gasteiger partial charge in [0.1, 0.15) is 15.7 Å². The van der Waals surface area contributed by atoms with Crippen molar-refractivity contribution in [3.8, 4) is 5.75 Å². The van der Waals surface area contributed by atoms with Crippen molar-refractivity contribution in [1.82, 2.24) is 14.6 Å². The van der Waals surface area contributed by atoms with Gasteiger partial charge in [-0.15, -0.1) is 4.36 Å². The number of carbonyl (C=O) groups excluding carboxylic acids is 2. The van der Waals surface area contributed by atoms with Gasteiger partial charge in [-0.1, -0.05) is 36.7 Å². The largest absolute Gasteiger partial charge is 0.490 e. The molecule has 3 aliphatic heterocycles. The van der Waals surface area contributed by atoms with Crippen molar-refractivity contribution in [3.63, 3.8) is 0 Å². The maximum Gasteiger partial charge on any atom is 0.286 e. The monoisotopic (exact) mass is 819 g/mol. The van der Waals surface area contributed by atoms with Crippen LogP contribution in [0.1, 0.15) is 83.5 Å². The number of amides is 2. The quantitative estimate of drug-likeness (QED) is 0.189. The Labute approximate surface area is 340 Å². The lowest BCUT2D eigenvalue weighted by Crippen LogP contribution is -2.49. The number of halogens is 1. The number of aliphatic hydroxyl groups is 2. The minimum atomic E-state index is -3.69. The van der Waals surface area contributed by atoms with E-state index in [1.807, 2.05) is 35.8 Å². The Kier molecular flexibility index (Phi) is 11.6. The highest BCUT2D eigenvalue weighted by Crippen LogP contribution is 2.47. The number of fused-ring (bicyclic) bond motifs is 5. The first-order valence-electron chi connectivity index (χ1n) is 20.4. The number of ether oxygens (including phenoxy) is 2. The fraction of sp³-hybridized carbons (Fsp3) is 0.535. The SMILES string of the molecule is C[C@@H]1[C@@H](C)C/C=C/[C@H](O)[C@@H]2CC[C@H]2CN2C[C@@]3(CCCc4cc(Cl)ccc43)COc3ccc(cc32)C(=O)N=S1(=O)NC(=O)c1cc2n(c1)C[C@H](CNCCO)OC2. The Hall–Kier alpha value is -3.72. The van der Waals surface area contributed by atoms with Crippen LogP contribution in [0.2, 0.25) is 5.02 Å². The van der Waals surface area contributed by atoms with Gasteiger partial charge in [0.25, 0.3) is 11.8 Å². The number of nitrogens with zero attached hydrogens (tertiary/aromatic N) is 3. The van der Waals surface area contributed by atoms with E-state index in [4.69, 9.17) is 26.2 Å². The third-order valence-corrected chi connectivity index (χ3v) is 15.7. The van der Waals surface area contributed by atoms with Gasteiger partial charge in [-0.05, 0) is 111 Å². The van der Waals surface area contributed by atoms with Crippen LogP contribution in [0, 0.1) is 17.8 Å². The van der Waals surface area contributed by atoms with Crippen LogP contribution in [0.15, 0.2) is 65.2 Å². The van der Waals surface area contributed by atoms with Gasteiger partial charge >= 0.3 is 0 Å². The number of nitrogens with one attached hydrogen (secondary N) is 2. The zero-order valence-corrected chi connectivity index (χ0v) is 34.3. The number of allylic oxidation sites excluding steroid dienone is 1. The molecule has 57 heavy (non-hydrogen) atoms. The van der Waals surface area contributed by atoms with Crippen LogP contribution in [0.5, 0.6) is 5.75 Å². The van der Waals surface area contributed by atoms with E-state index >= 15 is 4.21 Å². The number of aromatic nitrogens is 1. The van der Waals surface area contributed by atoms with Gasteiger partial charge in [0, 0.05) is 60.6 Å². The molecule has 1 unspecified atom stereocenters. The average Bonchev–Trinajstić information content (AvgIpc) is 3.55. The Bertz CT molecular complexity index is 2170. The summed E-state index contributed by atoms with van der Waals surface area (Å²) in [6.45, 7) is 7.32. The molecule has 5 aliphatic rings. The van der Waals surface area contributed by atoms with E-state index in [1.54, 1.807) is 31.3 Å². The van der Waals surface area contributed by atoms with E-state index in [0.717, 1.165) is 48.5 Å². The molecule has 4 heterocycles. The second-order valence-corrected chi connectivity index (χ2v) is 19.5. The van der Waals surface area contributed by atoms with Crippen molar-refractivity contribution in [3.05, 3.63) is 93.8 Å². The zero-order chi connectivity index (χ0) is 39.9. The van der Waals surface area contributed by atoms with Gasteiger partial charge < -0.3 is 34.5 Å². The molecule has 1 aromatic heterocycles. The Morgan fingerprint density at radius 2 is 2.00 bits per heavy atom. The third-order valence-electron chi connectivity index (χ3n) is 13.0. The summed E-state index contributed by atoms with van der Waals surface area (Å²) < 4.78 is 36.7. The van der Waals surface area contributed by atoms with E-state index in [2.05, 4.69) is 31.4 Å². The number of carbonyl (C=O) groups is 2. The number of hydrogen-bond acceptors (Lipinski definition) is 9. The summed E-state index contributed by atoms with van der Waals surface area (Å²) >= 11 is 6.46. The van der Waals surface area contributed by atoms with Crippen LogP contribution in [0.25, 0.3) is 0 Å². The van der Waals surface area contributed by atoms with E-state index in [9.17, 15) is 14.7 Å². The van der Waals surface area contributed by atoms with Crippen molar-refractivity contribution >= 4 is 39.0 Å². The molecule has 1 saturated carbocycles. The standard InChI is InChI=1S/C43H54ClN5O7S/c1-27-5-3-7-39(51)36-11-8-31(36)21-49-25-43(14-4-6-29-17-33(44)10-12-37(29)43)26-56-40-13-9-30(19-38(40)49)41(52)46-57(54,28(27)2)47-42(53)32-18-34-24-55-35(20-45-15-16-50)23-48(34)22-32/h3,7,9-10,12-13,17-19,22,27-28,31,35-36,39,45,50-51H,4-6,8,11,14-16,20-21,23-26H2,1-2H3,(H,46,47,52,53,54)/b7-3+/t27-,28+,31-,35-,36+,39-,43-,57?/m0/s1. The molecular formula is C43H54ClN5O7S. The average molecular weight is 820 g/mol. The molecule has 2 bridgehead atoms. The molecule has 2 aromatic carbocycles. The van der Waals surface area contributed by atoms with E-state index < -0.39 is 33.1 Å². The third kappa shape index (κ3) is 8.16. The van der Waals surface area contributed by atoms with Gasteiger partial charge in [0.15, 0.2) is 0 Å². The molecule has 14 heteroatoms. The molecule has 1 spiro atoms. The molecule has 0 saturated heterocycles. The molecule has 2 amide bonds. The lowest BCUT2D eigenvalue weighted by atomic mass is 9.68. The van der Waals surface area contributed by atoms with Crippen molar-refractivity contribution in [2.75, 3.05) is 44.3 Å². The molecule has 0 radical (unpaired) electrons. The predicted molar refractivity (Wildman–Crippen MR) is 220 cm³/mol. The normalized spacial score (nSPS) is 31.7. The first kappa shape index (κ1) is 40.1. The fourth-order valence-electron chi connectivity index (χ4n) is 9.36. The molecule has 8 rings (SSSR count). The van der Waals surface area contributed by atoms with E-state index in [0.29, 0.717) is 63.7 Å². The first-order valence-corrected chi connectivity index (χ1v) is 22.3. The van der Waals surface area contributed by atoms with Crippen LogP contribution in [-0.2, 0) is 39.6 Å². The topological polar surface area (TPSA) is 155 Å². The summed E-state index contributed by atoms with van der Waals surface area (Å²) in [5.74, 6) is -0.552. The smallest absolute Gasteiger partial charge is 0.286 e. The van der Waals surface area contributed by atoms with Gasteiger partial charge in [0.05, 0.1) is 48.5 Å². The Morgan fingerprint density at radius 3 is 2.81 bits per heavy atom. The second-order valence-electron chi connectivity index (χ2n) is 16.8. The van der Waals surface area contributed by atoms with Crippen LogP contribution >= 0.6 is 11.6 Å². The summed E-state index contributed by atoms with van der Waals surface area (Å²) in [5.41, 5.74) is 4.28. The fourth-order valence-corrected chi connectivity index (χ4v) is 11.4. The number of aliphatic hydroxyl groups excluding tert-OH is 2. The number of anilines is 1. The predicted octanol–water partition coefficient (Wildman–Crippen LogP) is 5.42. The lowest BCUT2D eigenvalue weighted by Gasteiger charge is -2.45. The van der Waals surface area contributed by atoms with Crippen LogP contribution in [0.4, 0.5) is 5.69 Å². The van der Waals surface area contributed by atoms with Gasteiger partial charge in [-0.25, -0.2) is 4.21 Å². The molecule has 12 nitrogen and oxygen atoms in total. The molecular weight excluding hydrogens is 766 g/mol. The number of aryl methyl sites for hydroxylation is 1. The maximum absolute atomic E-state index is 15.1. The van der Waals surface area contributed by atoms with Gasteiger partial charge in [-0.2, -0.15) is 0 Å². The number of benzene rings is 2. The van der Waals surface area contributed by atoms with Crippen molar-refractivity contribution in [2.45, 2.75) is 88.4 Å². The summed E-state index contributed by atoms with van der Waals surface area (Å²) in [4.78, 5) is 30.5. The Morgan fingerprint density at radius 1 is 1.14 bits per heavy atom. The highest BCUT2D eigenvalue weighted by molar-refractivity contribution is 7.93. The number of rotatable bonds is 6. The van der Waals surface area contributed by atoms with Crippen LogP contribution < -0.4 is 19.7 Å².